The van der Waals surface area contributed by atoms with Crippen LogP contribution in [0.25, 0.3) is 0 Å². The first kappa shape index (κ1) is 12.3. The summed E-state index contributed by atoms with van der Waals surface area (Å²) >= 11 is 0. The summed E-state index contributed by atoms with van der Waals surface area (Å²) in [4.78, 5) is 10.7. The third-order valence-electron chi connectivity index (χ3n) is 2.24. The number of hydrogen-bond acceptors (Lipinski definition) is 6. The lowest BCUT2D eigenvalue weighted by Gasteiger charge is -2.39. The van der Waals surface area contributed by atoms with E-state index in [4.69, 9.17) is 9.84 Å². The number of carbonyl (C=O) groups excluding carboxylic acids is 1. The Bertz CT molecular complexity index is 233. The summed E-state index contributed by atoms with van der Waals surface area (Å²) in [5.74, 6) is -0.445. The van der Waals surface area contributed by atoms with Gasteiger partial charge in [-0.1, -0.05) is 0 Å². The lowest BCUT2D eigenvalue weighted by Crippen LogP contribution is -2.63. The van der Waals surface area contributed by atoms with Crippen molar-refractivity contribution in [1.29, 1.82) is 0 Å². The molecule has 0 aromatic rings. The lowest BCUT2D eigenvalue weighted by molar-refractivity contribution is -0.235. The zero-order valence-electron chi connectivity index (χ0n) is 8.20. The van der Waals surface area contributed by atoms with E-state index in [1.54, 1.807) is 0 Å². The molecule has 1 rings (SSSR count). The van der Waals surface area contributed by atoms with Gasteiger partial charge >= 0.3 is 0 Å². The first-order chi connectivity index (χ1) is 6.97. The fraction of sp³-hybridized carbons (Fsp3) is 0.875. The Morgan fingerprint density at radius 2 is 1.87 bits per heavy atom. The molecule has 0 aromatic carbocycles. The summed E-state index contributed by atoms with van der Waals surface area (Å²) in [7, 11) is 0. The Labute approximate surface area is 86.3 Å². The Balaban J connectivity index is 2.69. The van der Waals surface area contributed by atoms with Gasteiger partial charge in [-0.2, -0.15) is 0 Å². The average molecular weight is 221 g/mol. The molecular weight excluding hydrogens is 206 g/mol. The van der Waals surface area contributed by atoms with Crippen molar-refractivity contribution in [3.05, 3.63) is 0 Å². The van der Waals surface area contributed by atoms with Crippen LogP contribution >= 0.6 is 0 Å². The summed E-state index contributed by atoms with van der Waals surface area (Å²) in [5, 5.41) is 39.3. The van der Waals surface area contributed by atoms with Crippen LogP contribution in [0.4, 0.5) is 0 Å². The number of aliphatic hydroxyl groups excluding tert-OH is 4. The molecule has 1 aliphatic heterocycles. The number of amides is 1. The van der Waals surface area contributed by atoms with Gasteiger partial charge in [-0.05, 0) is 0 Å². The second-order valence-corrected chi connectivity index (χ2v) is 3.45. The van der Waals surface area contributed by atoms with Crippen molar-refractivity contribution in [2.75, 3.05) is 6.61 Å². The molecule has 88 valence electrons. The van der Waals surface area contributed by atoms with E-state index in [1.807, 2.05) is 0 Å². The third kappa shape index (κ3) is 2.64. The second-order valence-electron chi connectivity index (χ2n) is 3.45. The highest BCUT2D eigenvalue weighted by Crippen LogP contribution is 2.19. The monoisotopic (exact) mass is 221 g/mol. The van der Waals surface area contributed by atoms with Gasteiger partial charge in [0.1, 0.15) is 24.4 Å². The molecule has 0 radical (unpaired) electrons. The van der Waals surface area contributed by atoms with E-state index in [1.165, 1.54) is 6.92 Å². The van der Waals surface area contributed by atoms with E-state index in [-0.39, 0.29) is 0 Å². The van der Waals surface area contributed by atoms with Crippen molar-refractivity contribution in [1.82, 2.24) is 5.32 Å². The smallest absolute Gasteiger partial charge is 0.218 e. The van der Waals surface area contributed by atoms with Gasteiger partial charge in [0.2, 0.25) is 5.91 Å². The lowest BCUT2D eigenvalue weighted by atomic mass is 9.98. The third-order valence-corrected chi connectivity index (χ3v) is 2.24. The summed E-state index contributed by atoms with van der Waals surface area (Å²) in [6.07, 6.45) is -6.42. The maximum absolute atomic E-state index is 10.7. The maximum Gasteiger partial charge on any atom is 0.218 e. The van der Waals surface area contributed by atoms with Crippen molar-refractivity contribution < 1.29 is 30.0 Å². The molecule has 0 unspecified atom stereocenters. The normalized spacial score (nSPS) is 41.3. The van der Waals surface area contributed by atoms with E-state index >= 15 is 0 Å². The predicted molar refractivity (Wildman–Crippen MR) is 47.6 cm³/mol. The van der Waals surface area contributed by atoms with Gasteiger partial charge in [-0.15, -0.1) is 0 Å². The fourth-order valence-electron chi connectivity index (χ4n) is 1.42. The maximum atomic E-state index is 10.7. The Kier molecular flexibility index (Phi) is 4.00. The number of ether oxygens (including phenoxy) is 1. The Morgan fingerprint density at radius 1 is 1.27 bits per heavy atom. The molecule has 1 saturated heterocycles. The summed E-state index contributed by atoms with van der Waals surface area (Å²) < 4.78 is 5.00. The van der Waals surface area contributed by atoms with Crippen LogP contribution < -0.4 is 5.32 Å². The highest BCUT2D eigenvalue weighted by molar-refractivity contribution is 5.73. The number of hydrogen-bond donors (Lipinski definition) is 5. The number of carbonyl (C=O) groups is 1. The summed E-state index contributed by atoms with van der Waals surface area (Å²) in [6.45, 7) is 0.711. The minimum atomic E-state index is -1.47. The largest absolute Gasteiger partial charge is 0.394 e. The van der Waals surface area contributed by atoms with E-state index < -0.39 is 43.2 Å². The molecule has 1 fully saturated rings. The topological polar surface area (TPSA) is 119 Å². The van der Waals surface area contributed by atoms with Gasteiger partial charge in [0.15, 0.2) is 6.23 Å². The van der Waals surface area contributed by atoms with Crippen molar-refractivity contribution in [2.45, 2.75) is 37.6 Å². The molecule has 5 atom stereocenters. The quantitative estimate of drug-likeness (QED) is 0.337. The minimum Gasteiger partial charge on any atom is -0.394 e. The van der Waals surface area contributed by atoms with Crippen LogP contribution in [0.15, 0.2) is 0 Å². The molecule has 7 heteroatoms. The van der Waals surface area contributed by atoms with E-state index in [2.05, 4.69) is 5.32 Å². The Morgan fingerprint density at radius 3 is 2.33 bits per heavy atom. The van der Waals surface area contributed by atoms with E-state index in [0.29, 0.717) is 0 Å². The number of rotatable bonds is 2. The summed E-state index contributed by atoms with van der Waals surface area (Å²) in [5.41, 5.74) is 0. The molecule has 1 heterocycles. The molecular formula is C8H15NO6. The van der Waals surface area contributed by atoms with Crippen molar-refractivity contribution in [2.24, 2.45) is 0 Å². The molecule has 7 nitrogen and oxygen atoms in total. The van der Waals surface area contributed by atoms with Crippen molar-refractivity contribution >= 4 is 5.91 Å². The molecule has 1 amide bonds. The highest BCUT2D eigenvalue weighted by atomic mass is 16.6. The van der Waals surface area contributed by atoms with Gasteiger partial charge in [0.25, 0.3) is 0 Å². The van der Waals surface area contributed by atoms with Gasteiger partial charge in [-0.25, -0.2) is 0 Å². The van der Waals surface area contributed by atoms with Gasteiger partial charge < -0.3 is 30.5 Å². The van der Waals surface area contributed by atoms with Gasteiger partial charge in [0, 0.05) is 6.92 Å². The van der Waals surface area contributed by atoms with Crippen molar-refractivity contribution in [3.8, 4) is 0 Å². The zero-order valence-corrected chi connectivity index (χ0v) is 8.20. The minimum absolute atomic E-state index is 0.445. The highest BCUT2D eigenvalue weighted by Gasteiger charge is 2.43. The number of nitrogens with one attached hydrogen (secondary N) is 1. The van der Waals surface area contributed by atoms with Crippen LogP contribution in [0.2, 0.25) is 0 Å². The van der Waals surface area contributed by atoms with Crippen LogP contribution in [0, 0.1) is 0 Å². The van der Waals surface area contributed by atoms with Crippen LogP contribution in [-0.4, -0.2) is 63.6 Å². The van der Waals surface area contributed by atoms with Crippen LogP contribution in [0.3, 0.4) is 0 Å². The molecule has 0 spiro atoms. The van der Waals surface area contributed by atoms with Gasteiger partial charge in [0.05, 0.1) is 6.61 Å². The Hall–Kier alpha value is -0.730. The average Bonchev–Trinajstić information content (AvgIpc) is 2.18. The molecule has 0 aromatic heterocycles. The number of aliphatic hydroxyl groups is 4. The molecule has 0 aliphatic carbocycles. The van der Waals surface area contributed by atoms with Crippen molar-refractivity contribution in [3.63, 3.8) is 0 Å². The second kappa shape index (κ2) is 4.86. The standard InChI is InChI=1S/C8H15NO6/c1-3(11)9-8-7(14)6(13)5(12)4(2-10)15-8/h4-8,10,12-14H,2H2,1H3,(H,9,11)/t4-,5+,6+,7+,8+/m0/s1. The molecule has 1 aliphatic rings. The molecule has 0 bridgehead atoms. The first-order valence-electron chi connectivity index (χ1n) is 4.55. The molecule has 0 saturated carbocycles. The molecule has 5 N–H and O–H groups in total. The van der Waals surface area contributed by atoms with Gasteiger partial charge in [-0.3, -0.25) is 4.79 Å². The van der Waals surface area contributed by atoms with E-state index in [0.717, 1.165) is 0 Å². The summed E-state index contributed by atoms with van der Waals surface area (Å²) in [6, 6.07) is 0. The van der Waals surface area contributed by atoms with Crippen LogP contribution in [0.5, 0.6) is 0 Å². The van der Waals surface area contributed by atoms with E-state index in [9.17, 15) is 20.1 Å². The molecule has 15 heavy (non-hydrogen) atoms. The predicted octanol–water partition coefficient (Wildman–Crippen LogP) is -3.08. The first-order valence-corrected chi connectivity index (χ1v) is 4.55. The van der Waals surface area contributed by atoms with Crippen LogP contribution in [-0.2, 0) is 9.53 Å². The van der Waals surface area contributed by atoms with Crippen LogP contribution in [0.1, 0.15) is 6.92 Å². The SMILES string of the molecule is CC(=O)N[C@@H]1O[C@@H](CO)[C@@H](O)[C@@H](O)[C@H]1O. The fourth-order valence-corrected chi connectivity index (χ4v) is 1.42. The zero-order chi connectivity index (χ0) is 11.6.